The molecule has 2 N–H and O–H groups in total. The van der Waals surface area contributed by atoms with Crippen molar-refractivity contribution in [3.63, 3.8) is 0 Å². The normalized spacial score (nSPS) is 17.6. The number of hydrogen-bond donors (Lipinski definition) is 2. The van der Waals surface area contributed by atoms with Gasteiger partial charge in [0.2, 0.25) is 12.7 Å². The number of piperidine rings is 1. The Morgan fingerprint density at radius 2 is 2.13 bits per heavy atom. The molecule has 1 atom stereocenters. The van der Waals surface area contributed by atoms with Crippen molar-refractivity contribution in [2.24, 2.45) is 5.92 Å². The molecule has 2 aliphatic rings. The molecular formula is C22H29N5O3. The van der Waals surface area contributed by atoms with Crippen LogP contribution < -0.4 is 25.0 Å². The Morgan fingerprint density at radius 1 is 1.23 bits per heavy atom. The Morgan fingerprint density at radius 3 is 3.03 bits per heavy atom. The molecule has 4 rings (SSSR count). The largest absolute Gasteiger partial charge is 0.454 e. The van der Waals surface area contributed by atoms with Crippen molar-refractivity contribution in [2.45, 2.75) is 39.0 Å². The van der Waals surface area contributed by atoms with Crippen LogP contribution in [0.1, 0.15) is 39.0 Å². The fourth-order valence-electron chi connectivity index (χ4n) is 3.91. The highest BCUT2D eigenvalue weighted by Gasteiger charge is 2.22. The molecular weight excluding hydrogens is 382 g/mol. The summed E-state index contributed by atoms with van der Waals surface area (Å²) in [5, 5.41) is 6.28. The fraction of sp³-hybridized carbons (Fsp3) is 0.500. The maximum absolute atomic E-state index is 12.4. The first kappa shape index (κ1) is 20.3. The lowest BCUT2D eigenvalue weighted by atomic mass is 9.93. The quantitative estimate of drug-likeness (QED) is 0.685. The van der Waals surface area contributed by atoms with Crippen LogP contribution in [0.15, 0.2) is 30.6 Å². The maximum atomic E-state index is 12.4. The summed E-state index contributed by atoms with van der Waals surface area (Å²) in [6.45, 7) is 5.17. The lowest BCUT2D eigenvalue weighted by Gasteiger charge is -2.33. The summed E-state index contributed by atoms with van der Waals surface area (Å²) >= 11 is 0. The first-order chi connectivity index (χ1) is 14.7. The van der Waals surface area contributed by atoms with E-state index in [0.29, 0.717) is 23.8 Å². The number of nitrogens with one attached hydrogen (secondary N) is 2. The number of aromatic nitrogens is 2. The molecule has 30 heavy (non-hydrogen) atoms. The number of nitrogens with zero attached hydrogens (tertiary/aromatic N) is 3. The van der Waals surface area contributed by atoms with Crippen LogP contribution in [-0.4, -0.2) is 42.3 Å². The number of amides is 1. The van der Waals surface area contributed by atoms with Crippen LogP contribution in [0, 0.1) is 5.92 Å². The van der Waals surface area contributed by atoms with Crippen molar-refractivity contribution in [1.29, 1.82) is 0 Å². The van der Waals surface area contributed by atoms with Gasteiger partial charge in [-0.15, -0.1) is 0 Å². The number of ether oxygens (including phenoxy) is 2. The molecule has 1 saturated heterocycles. The standard InChI is InChI=1S/C22H29N5O3/c1-2-9-23-20-12-21(25-14-24-20)27-10-3-4-16(13-27)5-8-22(28)26-17-6-7-18-19(11-17)30-15-29-18/h6-7,11-12,14,16H,2-5,8-10,13,15H2,1H3,(H,26,28)(H,23,24,25)/t16-/m0/s1. The van der Waals surface area contributed by atoms with E-state index in [0.717, 1.165) is 62.6 Å². The van der Waals surface area contributed by atoms with E-state index in [2.05, 4.69) is 32.4 Å². The number of rotatable bonds is 8. The van der Waals surface area contributed by atoms with E-state index >= 15 is 0 Å². The highest BCUT2D eigenvalue weighted by molar-refractivity contribution is 5.91. The zero-order valence-corrected chi connectivity index (χ0v) is 17.4. The van der Waals surface area contributed by atoms with Crippen molar-refractivity contribution in [3.05, 3.63) is 30.6 Å². The molecule has 0 unspecified atom stereocenters. The molecule has 160 valence electrons. The molecule has 1 fully saturated rings. The van der Waals surface area contributed by atoms with Crippen LogP contribution in [0.3, 0.4) is 0 Å². The van der Waals surface area contributed by atoms with Gasteiger partial charge in [-0.05, 0) is 43.7 Å². The average Bonchev–Trinajstić information content (AvgIpc) is 3.25. The lowest BCUT2D eigenvalue weighted by Crippen LogP contribution is -2.36. The Labute approximate surface area is 177 Å². The van der Waals surface area contributed by atoms with Gasteiger partial charge in [0.15, 0.2) is 11.5 Å². The summed E-state index contributed by atoms with van der Waals surface area (Å²) in [6, 6.07) is 7.49. The molecule has 3 heterocycles. The Kier molecular flexibility index (Phi) is 6.51. The zero-order chi connectivity index (χ0) is 20.8. The molecule has 0 aliphatic carbocycles. The minimum absolute atomic E-state index is 0.0269. The van der Waals surface area contributed by atoms with Crippen LogP contribution in [0.5, 0.6) is 11.5 Å². The van der Waals surface area contributed by atoms with E-state index in [4.69, 9.17) is 9.47 Å². The Balaban J connectivity index is 1.27. The van der Waals surface area contributed by atoms with Crippen LogP contribution in [0.25, 0.3) is 0 Å². The molecule has 8 nitrogen and oxygen atoms in total. The average molecular weight is 412 g/mol. The minimum Gasteiger partial charge on any atom is -0.454 e. The van der Waals surface area contributed by atoms with Crippen LogP contribution in [-0.2, 0) is 4.79 Å². The van der Waals surface area contributed by atoms with Crippen molar-refractivity contribution in [1.82, 2.24) is 9.97 Å². The molecule has 0 radical (unpaired) electrons. The van der Waals surface area contributed by atoms with Crippen LogP contribution in [0.4, 0.5) is 17.3 Å². The lowest BCUT2D eigenvalue weighted by molar-refractivity contribution is -0.116. The van der Waals surface area contributed by atoms with Crippen LogP contribution >= 0.6 is 0 Å². The second kappa shape index (κ2) is 9.65. The number of hydrogen-bond acceptors (Lipinski definition) is 7. The topological polar surface area (TPSA) is 88.6 Å². The number of carbonyl (C=O) groups excluding carboxylic acids is 1. The summed E-state index contributed by atoms with van der Waals surface area (Å²) < 4.78 is 10.7. The molecule has 1 aromatic heterocycles. The van der Waals surface area contributed by atoms with Gasteiger partial charge in [-0.3, -0.25) is 4.79 Å². The third kappa shape index (κ3) is 5.11. The number of carbonyl (C=O) groups is 1. The van der Waals surface area contributed by atoms with Gasteiger partial charge in [0.1, 0.15) is 18.0 Å². The zero-order valence-electron chi connectivity index (χ0n) is 17.4. The highest BCUT2D eigenvalue weighted by atomic mass is 16.7. The first-order valence-corrected chi connectivity index (χ1v) is 10.7. The van der Waals surface area contributed by atoms with Gasteiger partial charge < -0.3 is 25.0 Å². The van der Waals surface area contributed by atoms with Gasteiger partial charge in [0.05, 0.1) is 0 Å². The first-order valence-electron chi connectivity index (χ1n) is 10.7. The number of anilines is 3. The summed E-state index contributed by atoms with van der Waals surface area (Å²) in [6.07, 6.45) is 6.28. The van der Waals surface area contributed by atoms with Gasteiger partial charge >= 0.3 is 0 Å². The highest BCUT2D eigenvalue weighted by Crippen LogP contribution is 2.34. The summed E-state index contributed by atoms with van der Waals surface area (Å²) in [4.78, 5) is 23.5. The molecule has 1 amide bonds. The summed E-state index contributed by atoms with van der Waals surface area (Å²) in [5.74, 6) is 3.72. The second-order valence-corrected chi connectivity index (χ2v) is 7.80. The maximum Gasteiger partial charge on any atom is 0.231 e. The minimum atomic E-state index is 0.0269. The van der Waals surface area contributed by atoms with Gasteiger partial charge in [-0.2, -0.15) is 0 Å². The van der Waals surface area contributed by atoms with Crippen molar-refractivity contribution in [3.8, 4) is 11.5 Å². The Hall–Kier alpha value is -3.03. The monoisotopic (exact) mass is 411 g/mol. The SMILES string of the molecule is CCCNc1cc(N2CCC[C@@H](CCC(=O)Nc3ccc4c(c3)OCO4)C2)ncn1. The molecule has 2 aromatic rings. The number of fused-ring (bicyclic) bond motifs is 1. The smallest absolute Gasteiger partial charge is 0.231 e. The second-order valence-electron chi connectivity index (χ2n) is 7.80. The van der Waals surface area contributed by atoms with Gasteiger partial charge in [0.25, 0.3) is 0 Å². The molecule has 8 heteroatoms. The van der Waals surface area contributed by atoms with Gasteiger partial charge in [0, 0.05) is 43.9 Å². The third-order valence-corrected chi connectivity index (χ3v) is 5.49. The third-order valence-electron chi connectivity index (χ3n) is 5.49. The molecule has 0 bridgehead atoms. The van der Waals surface area contributed by atoms with Crippen molar-refractivity contribution >= 4 is 23.2 Å². The molecule has 1 aromatic carbocycles. The van der Waals surface area contributed by atoms with Gasteiger partial charge in [-0.25, -0.2) is 9.97 Å². The molecule has 0 saturated carbocycles. The summed E-state index contributed by atoms with van der Waals surface area (Å²) in [5.41, 5.74) is 0.739. The van der Waals surface area contributed by atoms with E-state index in [1.165, 1.54) is 0 Å². The predicted molar refractivity (Wildman–Crippen MR) is 116 cm³/mol. The van der Waals surface area contributed by atoms with Crippen molar-refractivity contribution in [2.75, 3.05) is 42.0 Å². The van der Waals surface area contributed by atoms with Crippen LogP contribution in [0.2, 0.25) is 0 Å². The molecule has 2 aliphatic heterocycles. The van der Waals surface area contributed by atoms with E-state index in [9.17, 15) is 4.79 Å². The van der Waals surface area contributed by atoms with E-state index in [1.807, 2.05) is 24.3 Å². The Bertz CT molecular complexity index is 876. The summed E-state index contributed by atoms with van der Waals surface area (Å²) in [7, 11) is 0. The fourth-order valence-corrected chi connectivity index (χ4v) is 3.91. The predicted octanol–water partition coefficient (Wildman–Crippen LogP) is 3.66. The van der Waals surface area contributed by atoms with E-state index in [1.54, 1.807) is 6.33 Å². The molecule has 0 spiro atoms. The van der Waals surface area contributed by atoms with E-state index < -0.39 is 0 Å². The number of benzene rings is 1. The van der Waals surface area contributed by atoms with Gasteiger partial charge in [-0.1, -0.05) is 6.92 Å². The van der Waals surface area contributed by atoms with E-state index in [-0.39, 0.29) is 12.7 Å². The van der Waals surface area contributed by atoms with Crippen molar-refractivity contribution < 1.29 is 14.3 Å².